The largest absolute Gasteiger partial charge is 0.379 e. The number of nitrogens with one attached hydrogen (secondary N) is 1. The third kappa shape index (κ3) is 6.57. The lowest BCUT2D eigenvalue weighted by molar-refractivity contribution is -0.117. The van der Waals surface area contributed by atoms with Crippen molar-refractivity contribution in [1.82, 2.24) is 9.80 Å². The number of carbonyl (C=O) groups is 1. The molecule has 1 unspecified atom stereocenters. The van der Waals surface area contributed by atoms with Crippen molar-refractivity contribution in [2.75, 3.05) is 51.3 Å². The molecule has 5 nitrogen and oxygen atoms in total. The molecule has 3 rings (SSSR count). The highest BCUT2D eigenvalue weighted by atomic mass is 16.5. The van der Waals surface area contributed by atoms with E-state index in [-0.39, 0.29) is 5.91 Å². The van der Waals surface area contributed by atoms with Crippen molar-refractivity contribution in [3.8, 4) is 0 Å². The average molecular weight is 388 g/mol. The molecule has 1 atom stereocenters. The van der Waals surface area contributed by atoms with E-state index in [1.807, 2.05) is 12.1 Å². The zero-order valence-corrected chi connectivity index (χ0v) is 17.9. The molecule has 28 heavy (non-hydrogen) atoms. The highest BCUT2D eigenvalue weighted by molar-refractivity contribution is 5.92. The van der Waals surface area contributed by atoms with Crippen LogP contribution in [0.5, 0.6) is 0 Å². The van der Waals surface area contributed by atoms with Gasteiger partial charge in [0, 0.05) is 25.3 Å². The molecule has 2 saturated heterocycles. The monoisotopic (exact) mass is 387 g/mol. The predicted molar refractivity (Wildman–Crippen MR) is 114 cm³/mol. The molecule has 2 aliphatic rings. The maximum Gasteiger partial charge on any atom is 0.238 e. The first-order valence-electron chi connectivity index (χ1n) is 10.8. The van der Waals surface area contributed by atoms with E-state index in [2.05, 4.69) is 48.0 Å². The van der Waals surface area contributed by atoms with Crippen molar-refractivity contribution in [3.05, 3.63) is 29.8 Å². The Hall–Kier alpha value is -1.43. The van der Waals surface area contributed by atoms with Crippen LogP contribution in [0, 0.1) is 11.3 Å². The number of ether oxygens (including phenoxy) is 1. The molecule has 1 amide bonds. The number of hydrogen-bond donors (Lipinski definition) is 1. The van der Waals surface area contributed by atoms with Crippen LogP contribution in [0.2, 0.25) is 0 Å². The number of likely N-dealkylation sites (tertiary alicyclic amines) is 1. The summed E-state index contributed by atoms with van der Waals surface area (Å²) in [6, 6.07) is 8.27. The topological polar surface area (TPSA) is 44.8 Å². The number of nitrogens with zero attached hydrogens (tertiary/aromatic N) is 2. The summed E-state index contributed by atoms with van der Waals surface area (Å²) in [6.07, 6.45) is 3.64. The van der Waals surface area contributed by atoms with Gasteiger partial charge in [-0.2, -0.15) is 0 Å². The van der Waals surface area contributed by atoms with Gasteiger partial charge in [-0.3, -0.25) is 14.6 Å². The highest BCUT2D eigenvalue weighted by Gasteiger charge is 2.27. The molecular weight excluding hydrogens is 350 g/mol. The number of anilines is 1. The molecule has 0 spiro atoms. The Morgan fingerprint density at radius 1 is 1.04 bits per heavy atom. The highest BCUT2D eigenvalue weighted by Crippen LogP contribution is 2.34. The van der Waals surface area contributed by atoms with Crippen molar-refractivity contribution in [1.29, 1.82) is 0 Å². The predicted octanol–water partition coefficient (Wildman–Crippen LogP) is 3.61. The first-order chi connectivity index (χ1) is 13.4. The number of morpholine rings is 1. The SMILES string of the molecule is CC(C)(C)C1CCCN(CC(=O)Nc2ccc(CN3CCOCC3)cc2)CC1. The summed E-state index contributed by atoms with van der Waals surface area (Å²) in [7, 11) is 0. The number of amides is 1. The molecule has 1 N–H and O–H groups in total. The minimum absolute atomic E-state index is 0.0927. The summed E-state index contributed by atoms with van der Waals surface area (Å²) in [5.74, 6) is 0.842. The third-order valence-corrected chi connectivity index (χ3v) is 6.16. The fourth-order valence-corrected chi connectivity index (χ4v) is 4.29. The van der Waals surface area contributed by atoms with Gasteiger partial charge in [-0.15, -0.1) is 0 Å². The zero-order chi connectivity index (χ0) is 20.0. The smallest absolute Gasteiger partial charge is 0.238 e. The van der Waals surface area contributed by atoms with Gasteiger partial charge in [0.05, 0.1) is 19.8 Å². The Morgan fingerprint density at radius 3 is 2.43 bits per heavy atom. The van der Waals surface area contributed by atoms with E-state index in [0.717, 1.165) is 57.5 Å². The van der Waals surface area contributed by atoms with E-state index < -0.39 is 0 Å². The Morgan fingerprint density at radius 2 is 1.75 bits per heavy atom. The van der Waals surface area contributed by atoms with Crippen LogP contribution in [0.1, 0.15) is 45.6 Å². The van der Waals surface area contributed by atoms with Gasteiger partial charge in [0.1, 0.15) is 0 Å². The van der Waals surface area contributed by atoms with E-state index in [9.17, 15) is 4.79 Å². The molecular formula is C23H37N3O2. The average Bonchev–Trinajstić information content (AvgIpc) is 2.90. The summed E-state index contributed by atoms with van der Waals surface area (Å²) < 4.78 is 5.40. The number of carbonyl (C=O) groups excluding carboxylic acids is 1. The maximum atomic E-state index is 12.5. The summed E-state index contributed by atoms with van der Waals surface area (Å²) in [5, 5.41) is 3.07. The lowest BCUT2D eigenvalue weighted by Crippen LogP contribution is -2.35. The van der Waals surface area contributed by atoms with Gasteiger partial charge in [0.25, 0.3) is 0 Å². The molecule has 5 heteroatoms. The fraction of sp³-hybridized carbons (Fsp3) is 0.696. The normalized spacial score (nSPS) is 22.6. The van der Waals surface area contributed by atoms with Crippen LogP contribution in [0.4, 0.5) is 5.69 Å². The Labute approximate surface area is 170 Å². The van der Waals surface area contributed by atoms with Crippen LogP contribution in [-0.2, 0) is 16.1 Å². The lowest BCUT2D eigenvalue weighted by atomic mass is 9.77. The molecule has 2 fully saturated rings. The van der Waals surface area contributed by atoms with Gasteiger partial charge in [-0.1, -0.05) is 32.9 Å². The molecule has 1 aromatic carbocycles. The minimum atomic E-state index is 0.0927. The van der Waals surface area contributed by atoms with Crippen LogP contribution in [-0.4, -0.2) is 61.6 Å². The molecule has 156 valence electrons. The van der Waals surface area contributed by atoms with Crippen molar-refractivity contribution in [2.24, 2.45) is 11.3 Å². The van der Waals surface area contributed by atoms with Crippen molar-refractivity contribution in [3.63, 3.8) is 0 Å². The van der Waals surface area contributed by atoms with E-state index >= 15 is 0 Å². The van der Waals surface area contributed by atoms with Crippen molar-refractivity contribution in [2.45, 2.75) is 46.6 Å². The Balaban J connectivity index is 1.44. The summed E-state index contributed by atoms with van der Waals surface area (Å²) >= 11 is 0. The second-order valence-electron chi connectivity index (χ2n) is 9.40. The fourth-order valence-electron chi connectivity index (χ4n) is 4.29. The third-order valence-electron chi connectivity index (χ3n) is 6.16. The molecule has 2 aliphatic heterocycles. The van der Waals surface area contributed by atoms with Crippen LogP contribution in [0.3, 0.4) is 0 Å². The van der Waals surface area contributed by atoms with Gasteiger partial charge >= 0.3 is 0 Å². The number of benzene rings is 1. The summed E-state index contributed by atoms with van der Waals surface area (Å²) in [5.41, 5.74) is 2.53. The Bertz CT molecular complexity index is 618. The summed E-state index contributed by atoms with van der Waals surface area (Å²) in [6.45, 7) is 14.1. The molecule has 0 bridgehead atoms. The summed E-state index contributed by atoms with van der Waals surface area (Å²) in [4.78, 5) is 17.2. The lowest BCUT2D eigenvalue weighted by Gasteiger charge is -2.29. The second kappa shape index (κ2) is 9.86. The van der Waals surface area contributed by atoms with E-state index in [1.54, 1.807) is 0 Å². The van der Waals surface area contributed by atoms with Crippen molar-refractivity contribution >= 4 is 11.6 Å². The van der Waals surface area contributed by atoms with Crippen LogP contribution in [0.15, 0.2) is 24.3 Å². The first-order valence-corrected chi connectivity index (χ1v) is 10.8. The van der Waals surface area contributed by atoms with Crippen molar-refractivity contribution < 1.29 is 9.53 Å². The molecule has 0 saturated carbocycles. The van der Waals surface area contributed by atoms with E-state index in [1.165, 1.54) is 24.8 Å². The minimum Gasteiger partial charge on any atom is -0.379 e. The molecule has 0 radical (unpaired) electrons. The van der Waals surface area contributed by atoms with Gasteiger partial charge in [-0.25, -0.2) is 0 Å². The molecule has 0 aliphatic carbocycles. The Kier molecular flexibility index (Phi) is 7.49. The molecule has 2 heterocycles. The van der Waals surface area contributed by atoms with Gasteiger partial charge < -0.3 is 10.1 Å². The zero-order valence-electron chi connectivity index (χ0n) is 17.9. The van der Waals surface area contributed by atoms with Crippen LogP contribution in [0.25, 0.3) is 0 Å². The quantitative estimate of drug-likeness (QED) is 0.838. The van der Waals surface area contributed by atoms with Gasteiger partial charge in [-0.05, 0) is 61.4 Å². The number of rotatable bonds is 5. The van der Waals surface area contributed by atoms with E-state index in [0.29, 0.717) is 12.0 Å². The number of hydrogen-bond acceptors (Lipinski definition) is 4. The van der Waals surface area contributed by atoms with Crippen LogP contribution >= 0.6 is 0 Å². The molecule has 1 aromatic rings. The first kappa shape index (κ1) is 21.3. The second-order valence-corrected chi connectivity index (χ2v) is 9.40. The standard InChI is InChI=1S/C23H37N3O2/c1-23(2,3)20-5-4-11-25(12-10-20)18-22(27)24-21-8-6-19(7-9-21)17-26-13-15-28-16-14-26/h6-9,20H,4-5,10-18H2,1-3H3,(H,24,27). The van der Waals surface area contributed by atoms with E-state index in [4.69, 9.17) is 4.74 Å². The van der Waals surface area contributed by atoms with Crippen LogP contribution < -0.4 is 5.32 Å². The van der Waals surface area contributed by atoms with Gasteiger partial charge in [0.2, 0.25) is 5.91 Å². The van der Waals surface area contributed by atoms with Gasteiger partial charge in [0.15, 0.2) is 0 Å². The molecule has 0 aromatic heterocycles. The maximum absolute atomic E-state index is 12.5.